The fourth-order valence-electron chi connectivity index (χ4n) is 4.26. The summed E-state index contributed by atoms with van der Waals surface area (Å²) in [4.78, 5) is 52.8. The molecule has 1 aliphatic heterocycles. The van der Waals surface area contributed by atoms with Crippen molar-refractivity contribution in [3.63, 3.8) is 0 Å². The molecular formula is C30H32N4O6. The summed E-state index contributed by atoms with van der Waals surface area (Å²) in [6.07, 6.45) is 0.948. The number of benzene rings is 3. The number of para-hydroxylation sites is 1. The fourth-order valence-corrected chi connectivity index (χ4v) is 4.26. The number of piperidine rings is 1. The van der Waals surface area contributed by atoms with Crippen LogP contribution in [0.3, 0.4) is 0 Å². The van der Waals surface area contributed by atoms with Gasteiger partial charge < -0.3 is 24.6 Å². The molecule has 0 spiro atoms. The SMILES string of the molecule is CN(C)CCOc1ccc(Nc2cccc(C(=O)N(C)C3CCC(=O)NC3=O)c2C=O)c(Oc2ccccc2)c1. The molecule has 1 fully saturated rings. The Morgan fingerprint density at radius 2 is 1.77 bits per heavy atom. The number of carbonyl (C=O) groups is 4. The van der Waals surface area contributed by atoms with E-state index in [1.807, 2.05) is 49.3 Å². The van der Waals surface area contributed by atoms with Crippen molar-refractivity contribution < 1.29 is 28.7 Å². The van der Waals surface area contributed by atoms with E-state index in [1.54, 1.807) is 30.3 Å². The summed E-state index contributed by atoms with van der Waals surface area (Å²) >= 11 is 0. The number of nitrogens with zero attached hydrogens (tertiary/aromatic N) is 2. The first kappa shape index (κ1) is 28.3. The van der Waals surface area contributed by atoms with Gasteiger partial charge >= 0.3 is 0 Å². The lowest BCUT2D eigenvalue weighted by Gasteiger charge is -2.30. The monoisotopic (exact) mass is 544 g/mol. The summed E-state index contributed by atoms with van der Waals surface area (Å²) in [6.45, 7) is 1.23. The fraction of sp³-hybridized carbons (Fsp3) is 0.267. The van der Waals surface area contributed by atoms with Crippen molar-refractivity contribution in [3.8, 4) is 17.2 Å². The standard InChI is InChI=1S/C30H32N4O6/c1-33(2)16-17-39-21-12-13-25(27(18-21)40-20-8-5-4-6-9-20)31-24-11-7-10-22(23(24)19-35)30(38)34(3)26-14-15-28(36)32-29(26)37/h4-13,18-19,26,31H,14-17H2,1-3H3,(H,32,36,37). The first-order chi connectivity index (χ1) is 19.3. The van der Waals surface area contributed by atoms with Gasteiger partial charge in [0.05, 0.1) is 16.8 Å². The number of amides is 3. The molecular weight excluding hydrogens is 512 g/mol. The number of anilines is 2. The highest BCUT2D eigenvalue weighted by atomic mass is 16.5. The van der Waals surface area contributed by atoms with Crippen LogP contribution in [-0.4, -0.2) is 74.1 Å². The minimum atomic E-state index is -0.813. The number of aldehydes is 1. The first-order valence-electron chi connectivity index (χ1n) is 12.9. The molecule has 1 aliphatic rings. The maximum absolute atomic E-state index is 13.4. The molecule has 0 aromatic heterocycles. The maximum Gasteiger partial charge on any atom is 0.255 e. The van der Waals surface area contributed by atoms with Gasteiger partial charge in [-0.15, -0.1) is 0 Å². The predicted octanol–water partition coefficient (Wildman–Crippen LogP) is 3.85. The minimum absolute atomic E-state index is 0.126. The summed E-state index contributed by atoms with van der Waals surface area (Å²) in [5, 5.41) is 5.49. The van der Waals surface area contributed by atoms with Crippen LogP contribution in [-0.2, 0) is 9.59 Å². The van der Waals surface area contributed by atoms with Gasteiger partial charge in [0.2, 0.25) is 11.8 Å². The second-order valence-corrected chi connectivity index (χ2v) is 9.62. The molecule has 2 N–H and O–H groups in total. The molecule has 0 bridgehead atoms. The van der Waals surface area contributed by atoms with E-state index in [0.29, 0.717) is 41.5 Å². The van der Waals surface area contributed by atoms with E-state index in [-0.39, 0.29) is 29.9 Å². The van der Waals surface area contributed by atoms with Crippen LogP contribution in [0.25, 0.3) is 0 Å². The summed E-state index contributed by atoms with van der Waals surface area (Å²) < 4.78 is 12.0. The molecule has 1 saturated heterocycles. The van der Waals surface area contributed by atoms with Crippen molar-refractivity contribution in [2.45, 2.75) is 18.9 Å². The molecule has 0 aliphatic carbocycles. The zero-order valence-corrected chi connectivity index (χ0v) is 22.7. The number of likely N-dealkylation sites (N-methyl/N-ethyl adjacent to an activating group) is 2. The van der Waals surface area contributed by atoms with Gasteiger partial charge in [-0.05, 0) is 56.9 Å². The van der Waals surface area contributed by atoms with E-state index >= 15 is 0 Å². The van der Waals surface area contributed by atoms with Crippen molar-refractivity contribution in [2.75, 3.05) is 39.6 Å². The zero-order valence-electron chi connectivity index (χ0n) is 22.7. The third kappa shape index (κ3) is 6.83. The van der Waals surface area contributed by atoms with Crippen LogP contribution in [0.1, 0.15) is 33.6 Å². The Morgan fingerprint density at radius 3 is 2.48 bits per heavy atom. The Hall–Kier alpha value is -4.70. The normalized spacial score (nSPS) is 14.8. The van der Waals surface area contributed by atoms with Gasteiger partial charge in [-0.1, -0.05) is 24.3 Å². The van der Waals surface area contributed by atoms with Crippen molar-refractivity contribution in [1.82, 2.24) is 15.1 Å². The molecule has 1 unspecified atom stereocenters. The molecule has 1 heterocycles. The summed E-state index contributed by atoms with van der Waals surface area (Å²) in [5.74, 6) is 0.271. The van der Waals surface area contributed by atoms with E-state index in [0.717, 1.165) is 6.54 Å². The van der Waals surface area contributed by atoms with E-state index in [1.165, 1.54) is 18.0 Å². The lowest BCUT2D eigenvalue weighted by molar-refractivity contribution is -0.136. The van der Waals surface area contributed by atoms with Gasteiger partial charge in [0, 0.05) is 31.8 Å². The van der Waals surface area contributed by atoms with E-state index in [9.17, 15) is 19.2 Å². The van der Waals surface area contributed by atoms with E-state index < -0.39 is 17.9 Å². The molecule has 3 aromatic carbocycles. The molecule has 208 valence electrons. The molecule has 4 rings (SSSR count). The largest absolute Gasteiger partial charge is 0.492 e. The van der Waals surface area contributed by atoms with Crippen molar-refractivity contribution in [2.24, 2.45) is 0 Å². The summed E-state index contributed by atoms with van der Waals surface area (Å²) in [5.41, 5.74) is 1.19. The van der Waals surface area contributed by atoms with Crippen LogP contribution in [0.5, 0.6) is 17.2 Å². The number of hydrogen-bond donors (Lipinski definition) is 2. The Kier molecular flexibility index (Phi) is 9.13. The number of nitrogens with one attached hydrogen (secondary N) is 2. The molecule has 10 heteroatoms. The lowest BCUT2D eigenvalue weighted by atomic mass is 10.0. The molecule has 0 radical (unpaired) electrons. The van der Waals surface area contributed by atoms with Crippen molar-refractivity contribution >= 4 is 35.4 Å². The van der Waals surface area contributed by atoms with E-state index in [4.69, 9.17) is 9.47 Å². The van der Waals surface area contributed by atoms with Gasteiger partial charge in [0.1, 0.15) is 24.1 Å². The highest BCUT2D eigenvalue weighted by Crippen LogP contribution is 2.36. The van der Waals surface area contributed by atoms with Crippen molar-refractivity contribution in [3.05, 3.63) is 77.9 Å². The van der Waals surface area contributed by atoms with Crippen LogP contribution < -0.4 is 20.1 Å². The van der Waals surface area contributed by atoms with Gasteiger partial charge in [0.15, 0.2) is 12.0 Å². The Bertz CT molecular complexity index is 1390. The Morgan fingerprint density at radius 1 is 1.00 bits per heavy atom. The molecule has 40 heavy (non-hydrogen) atoms. The highest BCUT2D eigenvalue weighted by molar-refractivity contribution is 6.07. The second kappa shape index (κ2) is 12.9. The average Bonchev–Trinajstić information content (AvgIpc) is 2.94. The van der Waals surface area contributed by atoms with Crippen LogP contribution in [0.4, 0.5) is 11.4 Å². The Balaban J connectivity index is 1.62. The maximum atomic E-state index is 13.4. The molecule has 3 aromatic rings. The average molecular weight is 545 g/mol. The van der Waals surface area contributed by atoms with Crippen molar-refractivity contribution in [1.29, 1.82) is 0 Å². The van der Waals surface area contributed by atoms with Crippen LogP contribution in [0, 0.1) is 0 Å². The smallest absolute Gasteiger partial charge is 0.255 e. The highest BCUT2D eigenvalue weighted by Gasteiger charge is 2.33. The quantitative estimate of drug-likeness (QED) is 0.276. The minimum Gasteiger partial charge on any atom is -0.492 e. The van der Waals surface area contributed by atoms with Gasteiger partial charge in [-0.2, -0.15) is 0 Å². The third-order valence-electron chi connectivity index (χ3n) is 6.45. The molecule has 3 amide bonds. The first-order valence-corrected chi connectivity index (χ1v) is 12.9. The molecule has 1 atom stereocenters. The molecule has 0 saturated carbocycles. The van der Waals surface area contributed by atoms with Gasteiger partial charge in [-0.25, -0.2) is 0 Å². The predicted molar refractivity (Wildman–Crippen MR) is 150 cm³/mol. The summed E-state index contributed by atoms with van der Waals surface area (Å²) in [7, 11) is 5.41. The second-order valence-electron chi connectivity index (χ2n) is 9.62. The third-order valence-corrected chi connectivity index (χ3v) is 6.45. The molecule has 10 nitrogen and oxygen atoms in total. The lowest BCUT2D eigenvalue weighted by Crippen LogP contribution is -2.53. The number of rotatable bonds is 11. The number of ether oxygens (including phenoxy) is 2. The number of carbonyl (C=O) groups excluding carboxylic acids is 4. The van der Waals surface area contributed by atoms with Gasteiger partial charge in [0.25, 0.3) is 5.91 Å². The van der Waals surface area contributed by atoms with Crippen LogP contribution in [0.15, 0.2) is 66.7 Å². The van der Waals surface area contributed by atoms with Crippen LogP contribution in [0.2, 0.25) is 0 Å². The number of hydrogen-bond acceptors (Lipinski definition) is 8. The van der Waals surface area contributed by atoms with Crippen LogP contribution >= 0.6 is 0 Å². The zero-order chi connectivity index (χ0) is 28.6. The Labute approximate surface area is 232 Å². The number of imide groups is 1. The summed E-state index contributed by atoms with van der Waals surface area (Å²) in [6, 6.07) is 18.6. The van der Waals surface area contributed by atoms with Gasteiger partial charge in [-0.3, -0.25) is 24.5 Å². The topological polar surface area (TPSA) is 117 Å². The van der Waals surface area contributed by atoms with E-state index in [2.05, 4.69) is 10.6 Å².